The molecule has 1 heterocycles. The Balaban J connectivity index is 2.00. The number of carboxylic acid groups (broad SMARTS) is 1. The smallest absolute Gasteiger partial charge is 0.422 e. The predicted molar refractivity (Wildman–Crippen MR) is 76.7 cm³/mol. The quantitative estimate of drug-likeness (QED) is 0.826. The van der Waals surface area contributed by atoms with Crippen LogP contribution in [0.3, 0.4) is 0 Å². The monoisotopic (exact) mass is 346 g/mol. The summed E-state index contributed by atoms with van der Waals surface area (Å²) in [4.78, 5) is 26.9. The van der Waals surface area contributed by atoms with E-state index < -0.39 is 30.2 Å². The number of carbonyl (C=O) groups is 2. The highest BCUT2D eigenvalue weighted by molar-refractivity contribution is 5.94. The van der Waals surface area contributed by atoms with Crippen LogP contribution in [0, 0.1) is 0 Å². The van der Waals surface area contributed by atoms with Crippen LogP contribution in [-0.2, 0) is 4.79 Å². The van der Waals surface area contributed by atoms with E-state index in [1.165, 1.54) is 12.1 Å². The molecule has 2 rings (SSSR count). The molecule has 0 radical (unpaired) electrons. The summed E-state index contributed by atoms with van der Waals surface area (Å²) in [6.07, 6.45) is -0.727. The lowest BCUT2D eigenvalue weighted by Crippen LogP contribution is -2.47. The van der Waals surface area contributed by atoms with Crippen molar-refractivity contribution in [3.8, 4) is 5.88 Å². The summed E-state index contributed by atoms with van der Waals surface area (Å²) in [7, 11) is 0. The molecule has 2 N–H and O–H groups in total. The van der Waals surface area contributed by atoms with Crippen LogP contribution in [0.2, 0.25) is 0 Å². The molecule has 0 bridgehead atoms. The summed E-state index contributed by atoms with van der Waals surface area (Å²) in [6.45, 7) is -1.47. The number of halogens is 3. The third-order valence-electron chi connectivity index (χ3n) is 3.81. The fourth-order valence-corrected chi connectivity index (χ4v) is 2.76. The number of ether oxygens (including phenoxy) is 1. The van der Waals surface area contributed by atoms with Gasteiger partial charge in [-0.2, -0.15) is 13.2 Å². The van der Waals surface area contributed by atoms with E-state index in [1.807, 2.05) is 0 Å². The van der Waals surface area contributed by atoms with E-state index in [4.69, 9.17) is 5.11 Å². The molecule has 9 heteroatoms. The Labute approximate surface area is 136 Å². The van der Waals surface area contributed by atoms with Crippen molar-refractivity contribution in [1.82, 2.24) is 10.3 Å². The van der Waals surface area contributed by atoms with Crippen molar-refractivity contribution in [2.24, 2.45) is 0 Å². The number of aromatic nitrogens is 1. The molecular weight excluding hydrogens is 329 g/mol. The highest BCUT2D eigenvalue weighted by Gasteiger charge is 2.37. The maximum atomic E-state index is 12.3. The lowest BCUT2D eigenvalue weighted by atomic mass is 9.93. The molecule has 1 saturated carbocycles. The lowest BCUT2D eigenvalue weighted by Gasteiger charge is -2.28. The van der Waals surface area contributed by atoms with E-state index in [1.54, 1.807) is 0 Å². The number of aliphatic carboxylic acids is 1. The summed E-state index contributed by atoms with van der Waals surface area (Å²) in [5.41, 5.74) is -0.653. The second-order valence-corrected chi connectivity index (χ2v) is 5.80. The van der Waals surface area contributed by atoms with Crippen molar-refractivity contribution in [3.63, 3.8) is 0 Å². The standard InChI is InChI=1S/C15H17F3N2O4/c16-15(17,18)9-24-11-4-3-10(8-19-11)13(23)20-14(7-12(21)22)5-1-2-6-14/h3-4,8H,1-2,5-7,9H2,(H,20,23)(H,21,22). The summed E-state index contributed by atoms with van der Waals surface area (Å²) in [5, 5.41) is 11.7. The topological polar surface area (TPSA) is 88.5 Å². The molecule has 132 valence electrons. The third-order valence-corrected chi connectivity index (χ3v) is 3.81. The Morgan fingerprint density at radius 1 is 1.29 bits per heavy atom. The molecule has 1 aromatic rings. The lowest BCUT2D eigenvalue weighted by molar-refractivity contribution is -0.154. The molecule has 1 fully saturated rings. The van der Waals surface area contributed by atoms with Crippen LogP contribution >= 0.6 is 0 Å². The van der Waals surface area contributed by atoms with Gasteiger partial charge >= 0.3 is 12.1 Å². The van der Waals surface area contributed by atoms with Gasteiger partial charge in [-0.15, -0.1) is 0 Å². The number of amides is 1. The normalized spacial score (nSPS) is 16.6. The molecule has 0 aromatic carbocycles. The molecule has 1 aliphatic carbocycles. The Morgan fingerprint density at radius 3 is 2.46 bits per heavy atom. The fraction of sp³-hybridized carbons (Fsp3) is 0.533. The molecule has 6 nitrogen and oxygen atoms in total. The van der Waals surface area contributed by atoms with Crippen LogP contribution in [0.15, 0.2) is 18.3 Å². The van der Waals surface area contributed by atoms with Crippen LogP contribution in [0.4, 0.5) is 13.2 Å². The SMILES string of the molecule is O=C(O)CC1(NC(=O)c2ccc(OCC(F)(F)F)nc2)CCCC1. The van der Waals surface area contributed by atoms with Gasteiger partial charge in [0.05, 0.1) is 17.5 Å². The highest BCUT2D eigenvalue weighted by Crippen LogP contribution is 2.33. The number of nitrogens with one attached hydrogen (secondary N) is 1. The number of alkyl halides is 3. The number of pyridine rings is 1. The summed E-state index contributed by atoms with van der Waals surface area (Å²) in [6, 6.07) is 2.45. The predicted octanol–water partition coefficient (Wildman–Crippen LogP) is 2.54. The average Bonchev–Trinajstić information content (AvgIpc) is 2.92. The van der Waals surface area contributed by atoms with Crippen molar-refractivity contribution in [2.45, 2.75) is 43.8 Å². The van der Waals surface area contributed by atoms with E-state index in [2.05, 4.69) is 15.0 Å². The Morgan fingerprint density at radius 2 is 1.96 bits per heavy atom. The molecular formula is C15H17F3N2O4. The molecule has 0 atom stereocenters. The summed E-state index contributed by atoms with van der Waals surface area (Å²) < 4.78 is 40.6. The van der Waals surface area contributed by atoms with Gasteiger partial charge in [0.2, 0.25) is 5.88 Å². The molecule has 1 aromatic heterocycles. The minimum absolute atomic E-state index is 0.131. The number of hydrogen-bond donors (Lipinski definition) is 2. The summed E-state index contributed by atoms with van der Waals surface area (Å²) >= 11 is 0. The third kappa shape index (κ3) is 5.10. The number of rotatable bonds is 6. The van der Waals surface area contributed by atoms with E-state index in [-0.39, 0.29) is 17.9 Å². The molecule has 24 heavy (non-hydrogen) atoms. The first-order valence-corrected chi connectivity index (χ1v) is 7.39. The average molecular weight is 346 g/mol. The zero-order valence-corrected chi connectivity index (χ0v) is 12.7. The van der Waals surface area contributed by atoms with Crippen molar-refractivity contribution < 1.29 is 32.6 Å². The zero-order valence-electron chi connectivity index (χ0n) is 12.7. The minimum atomic E-state index is -4.47. The van der Waals surface area contributed by atoms with E-state index in [0.717, 1.165) is 19.0 Å². The van der Waals surface area contributed by atoms with Gasteiger partial charge in [-0.25, -0.2) is 4.98 Å². The van der Waals surface area contributed by atoms with Gasteiger partial charge in [-0.3, -0.25) is 9.59 Å². The molecule has 0 spiro atoms. The maximum absolute atomic E-state index is 12.3. The number of nitrogens with zero attached hydrogens (tertiary/aromatic N) is 1. The van der Waals surface area contributed by atoms with Crippen molar-refractivity contribution in [3.05, 3.63) is 23.9 Å². The highest BCUT2D eigenvalue weighted by atomic mass is 19.4. The molecule has 1 aliphatic rings. The zero-order chi connectivity index (χ0) is 17.8. The second kappa shape index (κ2) is 7.06. The molecule has 0 saturated heterocycles. The van der Waals surface area contributed by atoms with Crippen LogP contribution in [0.1, 0.15) is 42.5 Å². The van der Waals surface area contributed by atoms with E-state index in [0.29, 0.717) is 12.8 Å². The van der Waals surface area contributed by atoms with Crippen LogP contribution in [0.25, 0.3) is 0 Å². The Hall–Kier alpha value is -2.32. The fourth-order valence-electron chi connectivity index (χ4n) is 2.76. The Kier molecular flexibility index (Phi) is 5.30. The van der Waals surface area contributed by atoms with Gasteiger partial charge in [0.15, 0.2) is 6.61 Å². The van der Waals surface area contributed by atoms with Crippen LogP contribution < -0.4 is 10.1 Å². The van der Waals surface area contributed by atoms with E-state index in [9.17, 15) is 22.8 Å². The van der Waals surface area contributed by atoms with Gasteiger partial charge < -0.3 is 15.2 Å². The van der Waals surface area contributed by atoms with Gasteiger partial charge in [0, 0.05) is 12.3 Å². The van der Waals surface area contributed by atoms with Gasteiger partial charge in [0.25, 0.3) is 5.91 Å². The molecule has 0 unspecified atom stereocenters. The minimum Gasteiger partial charge on any atom is -0.481 e. The first kappa shape index (κ1) is 18.0. The second-order valence-electron chi connectivity index (χ2n) is 5.80. The number of hydrogen-bond acceptors (Lipinski definition) is 4. The molecule has 0 aliphatic heterocycles. The first-order chi connectivity index (χ1) is 11.2. The van der Waals surface area contributed by atoms with Crippen molar-refractivity contribution >= 4 is 11.9 Å². The van der Waals surface area contributed by atoms with E-state index >= 15 is 0 Å². The largest absolute Gasteiger partial charge is 0.481 e. The van der Waals surface area contributed by atoms with Gasteiger partial charge in [-0.05, 0) is 18.9 Å². The van der Waals surface area contributed by atoms with Crippen LogP contribution in [-0.4, -0.2) is 40.3 Å². The number of carboxylic acids is 1. The maximum Gasteiger partial charge on any atom is 0.422 e. The Bertz CT molecular complexity index is 596. The molecule has 1 amide bonds. The van der Waals surface area contributed by atoms with Crippen LogP contribution in [0.5, 0.6) is 5.88 Å². The van der Waals surface area contributed by atoms with Gasteiger partial charge in [-0.1, -0.05) is 12.8 Å². The van der Waals surface area contributed by atoms with Crippen molar-refractivity contribution in [2.75, 3.05) is 6.61 Å². The first-order valence-electron chi connectivity index (χ1n) is 7.39. The van der Waals surface area contributed by atoms with Gasteiger partial charge in [0.1, 0.15) is 0 Å². The van der Waals surface area contributed by atoms with Crippen molar-refractivity contribution in [1.29, 1.82) is 0 Å². The summed E-state index contributed by atoms with van der Waals surface area (Å²) in [5.74, 6) is -1.75. The number of carbonyl (C=O) groups excluding carboxylic acids is 1.